The van der Waals surface area contributed by atoms with Crippen molar-refractivity contribution in [3.8, 4) is 5.75 Å². The minimum Gasteiger partial charge on any atom is -0.493 e. The third kappa shape index (κ3) is 7.29. The largest absolute Gasteiger partial charge is 0.493 e. The Morgan fingerprint density at radius 3 is 2.19 bits per heavy atom. The Labute approximate surface area is 284 Å². The smallest absolute Gasteiger partial charge is 0.416 e. The number of aliphatic imine (C=N–C) groups is 1. The quantitative estimate of drug-likeness (QED) is 0.245. The van der Waals surface area contributed by atoms with E-state index in [4.69, 9.17) is 32.9 Å². The number of sulfone groups is 1. The molecular weight excluding hydrogens is 672 g/mol. The van der Waals surface area contributed by atoms with E-state index in [1.54, 1.807) is 19.1 Å². The predicted molar refractivity (Wildman–Crippen MR) is 181 cm³/mol. The normalized spacial score (nSPS) is 24.0. The number of nitrogens with one attached hydrogen (secondary N) is 1. The summed E-state index contributed by atoms with van der Waals surface area (Å²) < 4.78 is 71.2. The second kappa shape index (κ2) is 13.6. The van der Waals surface area contributed by atoms with E-state index in [-0.39, 0.29) is 24.3 Å². The van der Waals surface area contributed by atoms with Crippen molar-refractivity contribution in [1.82, 2.24) is 15.1 Å². The minimum absolute atomic E-state index is 0.0747. The molecule has 13 heteroatoms. The Hall–Kier alpha value is -2.83. The Morgan fingerprint density at radius 2 is 1.62 bits per heavy atom. The van der Waals surface area contributed by atoms with E-state index in [2.05, 4.69) is 22.0 Å². The molecule has 3 aromatic carbocycles. The van der Waals surface area contributed by atoms with Gasteiger partial charge in [-0.05, 0) is 87.3 Å². The molecule has 0 aliphatic carbocycles. The number of nitrogens with zero attached hydrogens (tertiary/aromatic N) is 3. The van der Waals surface area contributed by atoms with E-state index in [1.807, 2.05) is 43.3 Å². The van der Waals surface area contributed by atoms with Gasteiger partial charge in [0.25, 0.3) is 0 Å². The predicted octanol–water partition coefficient (Wildman–Crippen LogP) is 6.97. The standard InChI is InChI=1S/C34H39Cl2F3N4O3S/c1-5-46-29-21-25(34(37,38)39)11-16-28(29)31-41-32(2,23-7-12-26(35)13-8-23)33(3,24-9-14-27(36)15-10-24)43(31)30-22-42(19-17-40-30)18-6-20-47(4,44)45/h7-16,21,30,40H,5-6,17-20,22H2,1-4H3/t30?,32-,33+/m0/s1. The molecule has 0 radical (unpaired) electrons. The molecule has 7 nitrogen and oxygen atoms in total. The second-order valence-corrected chi connectivity index (χ2v) is 15.5. The molecule has 1 unspecified atom stereocenters. The molecule has 2 aliphatic rings. The lowest BCUT2D eigenvalue weighted by atomic mass is 9.70. The van der Waals surface area contributed by atoms with E-state index >= 15 is 0 Å². The number of halogens is 5. The van der Waals surface area contributed by atoms with Gasteiger partial charge in [0.15, 0.2) is 0 Å². The summed E-state index contributed by atoms with van der Waals surface area (Å²) in [6.07, 6.45) is -3.21. The number of hydrogen-bond donors (Lipinski definition) is 1. The van der Waals surface area contributed by atoms with Crippen LogP contribution in [0.25, 0.3) is 0 Å². The first-order valence-electron chi connectivity index (χ1n) is 15.5. The van der Waals surface area contributed by atoms with E-state index in [0.29, 0.717) is 54.0 Å². The first-order valence-corrected chi connectivity index (χ1v) is 18.3. The first kappa shape index (κ1) is 35.5. The minimum atomic E-state index is -4.56. The summed E-state index contributed by atoms with van der Waals surface area (Å²) in [5.41, 5.74) is -0.547. The summed E-state index contributed by atoms with van der Waals surface area (Å²) in [4.78, 5) is 9.78. The third-order valence-corrected chi connectivity index (χ3v) is 10.7. The molecule has 0 spiro atoms. The summed E-state index contributed by atoms with van der Waals surface area (Å²) >= 11 is 12.7. The van der Waals surface area contributed by atoms with Crippen LogP contribution in [0.3, 0.4) is 0 Å². The number of rotatable bonds is 10. The van der Waals surface area contributed by atoms with Crippen LogP contribution in [0, 0.1) is 0 Å². The Balaban J connectivity index is 1.72. The molecule has 1 saturated heterocycles. The van der Waals surface area contributed by atoms with Crippen LogP contribution < -0.4 is 10.1 Å². The number of hydrogen-bond acceptors (Lipinski definition) is 7. The molecule has 1 fully saturated rings. The third-order valence-electron chi connectivity index (χ3n) is 9.19. The Kier molecular flexibility index (Phi) is 10.3. The fraction of sp³-hybridized carbons (Fsp3) is 0.441. The Bertz CT molecular complexity index is 1720. The zero-order valence-electron chi connectivity index (χ0n) is 26.7. The fourth-order valence-electron chi connectivity index (χ4n) is 6.66. The average molecular weight is 712 g/mol. The van der Waals surface area contributed by atoms with Crippen LogP contribution in [-0.4, -0.2) is 75.0 Å². The highest BCUT2D eigenvalue weighted by Crippen LogP contribution is 2.54. The van der Waals surface area contributed by atoms with E-state index in [0.717, 1.165) is 23.3 Å². The van der Waals surface area contributed by atoms with Gasteiger partial charge < -0.3 is 9.64 Å². The lowest BCUT2D eigenvalue weighted by Gasteiger charge is -2.51. The van der Waals surface area contributed by atoms with Crippen LogP contribution in [0.15, 0.2) is 71.7 Å². The van der Waals surface area contributed by atoms with Crippen LogP contribution in [0.4, 0.5) is 13.2 Å². The zero-order chi connectivity index (χ0) is 34.2. The molecule has 2 heterocycles. The van der Waals surface area contributed by atoms with Gasteiger partial charge in [-0.25, -0.2) is 8.42 Å². The highest BCUT2D eigenvalue weighted by Gasteiger charge is 2.59. The molecule has 5 rings (SSSR count). The van der Waals surface area contributed by atoms with Crippen molar-refractivity contribution < 1.29 is 26.3 Å². The molecular formula is C34H39Cl2F3N4O3S. The van der Waals surface area contributed by atoms with Gasteiger partial charge in [0, 0.05) is 35.9 Å². The number of amidine groups is 1. The van der Waals surface area contributed by atoms with Gasteiger partial charge in [0.05, 0.1) is 35.2 Å². The molecule has 0 saturated carbocycles. The summed E-state index contributed by atoms with van der Waals surface area (Å²) in [5, 5.41) is 4.76. The van der Waals surface area contributed by atoms with E-state index in [9.17, 15) is 21.6 Å². The van der Waals surface area contributed by atoms with Gasteiger partial charge in [-0.1, -0.05) is 47.5 Å². The van der Waals surface area contributed by atoms with E-state index in [1.165, 1.54) is 12.3 Å². The van der Waals surface area contributed by atoms with Crippen molar-refractivity contribution in [2.45, 2.75) is 50.6 Å². The summed E-state index contributed by atoms with van der Waals surface area (Å²) in [7, 11) is -3.12. The highest BCUT2D eigenvalue weighted by molar-refractivity contribution is 7.90. The van der Waals surface area contributed by atoms with Crippen molar-refractivity contribution in [1.29, 1.82) is 0 Å². The molecule has 3 aromatic rings. The van der Waals surface area contributed by atoms with Crippen molar-refractivity contribution in [3.63, 3.8) is 0 Å². The highest BCUT2D eigenvalue weighted by atomic mass is 35.5. The van der Waals surface area contributed by atoms with Crippen LogP contribution in [-0.2, 0) is 27.1 Å². The zero-order valence-corrected chi connectivity index (χ0v) is 29.1. The monoisotopic (exact) mass is 710 g/mol. The van der Waals surface area contributed by atoms with E-state index < -0.39 is 32.7 Å². The summed E-state index contributed by atoms with van der Waals surface area (Å²) in [6, 6.07) is 18.5. The second-order valence-electron chi connectivity index (χ2n) is 12.4. The van der Waals surface area contributed by atoms with Crippen molar-refractivity contribution in [2.75, 3.05) is 44.8 Å². The van der Waals surface area contributed by atoms with Crippen molar-refractivity contribution >= 4 is 38.9 Å². The van der Waals surface area contributed by atoms with Gasteiger partial charge in [0.1, 0.15) is 27.0 Å². The topological polar surface area (TPSA) is 74.2 Å². The maximum absolute atomic E-state index is 13.9. The number of piperazine rings is 1. The lowest BCUT2D eigenvalue weighted by molar-refractivity contribution is -0.137. The Morgan fingerprint density at radius 1 is 1.00 bits per heavy atom. The van der Waals surface area contributed by atoms with Gasteiger partial charge in [-0.3, -0.25) is 15.2 Å². The lowest BCUT2D eigenvalue weighted by Crippen LogP contribution is -2.65. The number of benzene rings is 3. The molecule has 0 bridgehead atoms. The van der Waals surface area contributed by atoms with Gasteiger partial charge in [0.2, 0.25) is 0 Å². The molecule has 47 heavy (non-hydrogen) atoms. The molecule has 0 aromatic heterocycles. The van der Waals surface area contributed by atoms with Crippen molar-refractivity contribution in [3.05, 3.63) is 99.0 Å². The summed E-state index contributed by atoms with van der Waals surface area (Å²) in [5.74, 6) is 0.622. The van der Waals surface area contributed by atoms with Crippen LogP contribution >= 0.6 is 23.2 Å². The molecule has 254 valence electrons. The number of ether oxygens (including phenoxy) is 1. The molecule has 2 aliphatic heterocycles. The molecule has 3 atom stereocenters. The van der Waals surface area contributed by atoms with Gasteiger partial charge in [-0.2, -0.15) is 13.2 Å². The van der Waals surface area contributed by atoms with Crippen LogP contribution in [0.2, 0.25) is 10.0 Å². The van der Waals surface area contributed by atoms with Crippen molar-refractivity contribution in [2.24, 2.45) is 4.99 Å². The molecule has 1 N–H and O–H groups in total. The molecule has 0 amide bonds. The van der Waals surface area contributed by atoms with Gasteiger partial charge >= 0.3 is 6.18 Å². The fourth-order valence-corrected chi connectivity index (χ4v) is 7.56. The van der Waals surface area contributed by atoms with Crippen LogP contribution in [0.1, 0.15) is 49.4 Å². The van der Waals surface area contributed by atoms with Gasteiger partial charge in [-0.15, -0.1) is 0 Å². The average Bonchev–Trinajstić information content (AvgIpc) is 3.25. The first-order chi connectivity index (χ1) is 22.1. The number of alkyl halides is 3. The SMILES string of the molecule is CCOc1cc(C(F)(F)F)ccc1C1=N[C@@](C)(c2ccc(Cl)cc2)[C@@](C)(c2ccc(Cl)cc2)N1C1CN(CCCS(C)(=O)=O)CCN1. The van der Waals surface area contributed by atoms with Crippen LogP contribution in [0.5, 0.6) is 5.75 Å². The maximum atomic E-state index is 13.9. The summed E-state index contributed by atoms with van der Waals surface area (Å²) in [6.45, 7) is 8.36. The maximum Gasteiger partial charge on any atom is 0.416 e.